The van der Waals surface area contributed by atoms with Crippen LogP contribution in [0.2, 0.25) is 0 Å². The summed E-state index contributed by atoms with van der Waals surface area (Å²) in [5.41, 5.74) is 1.31. The Labute approximate surface area is 144 Å². The van der Waals surface area contributed by atoms with Crippen molar-refractivity contribution < 1.29 is 14.2 Å². The van der Waals surface area contributed by atoms with Gasteiger partial charge in [-0.1, -0.05) is 6.07 Å². The Bertz CT molecular complexity index is 562. The molecule has 3 aliphatic heterocycles. The Kier molecular flexibility index (Phi) is 4.66. The Hall–Kier alpha value is -1.30. The molecule has 24 heavy (non-hydrogen) atoms. The molecule has 0 N–H and O–H groups in total. The summed E-state index contributed by atoms with van der Waals surface area (Å²) in [5, 5.41) is 0. The standard InChI is InChI=1S/C19H28N2O3/c1-14-10-21(11-15(2)24-14)17-5-7-20(8-6-17)12-16-3-4-18-19(9-16)23-13-22-18/h3-4,9,14-15,17H,5-8,10-13H2,1-2H3/t14-,15+. The second-order valence-corrected chi connectivity index (χ2v) is 7.41. The molecule has 0 aromatic heterocycles. The van der Waals surface area contributed by atoms with Gasteiger partial charge in [0.25, 0.3) is 0 Å². The SMILES string of the molecule is C[C@@H]1CN(C2CCN(Cc3ccc4c(c3)OCO4)CC2)C[C@H](C)O1. The van der Waals surface area contributed by atoms with Crippen molar-refractivity contribution in [2.75, 3.05) is 33.0 Å². The molecule has 3 aliphatic rings. The lowest BCUT2D eigenvalue weighted by Gasteiger charge is -2.43. The number of rotatable bonds is 3. The molecule has 0 saturated carbocycles. The van der Waals surface area contributed by atoms with Gasteiger partial charge in [-0.05, 0) is 57.5 Å². The third-order valence-electron chi connectivity index (χ3n) is 5.36. The van der Waals surface area contributed by atoms with Gasteiger partial charge in [0.15, 0.2) is 11.5 Å². The zero-order valence-corrected chi connectivity index (χ0v) is 14.7. The summed E-state index contributed by atoms with van der Waals surface area (Å²) in [4.78, 5) is 5.21. The predicted octanol–water partition coefficient (Wildman–Crippen LogP) is 2.49. The summed E-state index contributed by atoms with van der Waals surface area (Å²) in [6.45, 7) is 10.2. The van der Waals surface area contributed by atoms with Gasteiger partial charge in [-0.25, -0.2) is 0 Å². The number of ether oxygens (including phenoxy) is 3. The maximum atomic E-state index is 5.87. The highest BCUT2D eigenvalue weighted by Gasteiger charge is 2.30. The van der Waals surface area contributed by atoms with Gasteiger partial charge in [0, 0.05) is 25.7 Å². The Morgan fingerprint density at radius 3 is 2.46 bits per heavy atom. The van der Waals surface area contributed by atoms with Crippen LogP contribution in [0.5, 0.6) is 11.5 Å². The van der Waals surface area contributed by atoms with E-state index in [0.29, 0.717) is 25.0 Å². The van der Waals surface area contributed by atoms with E-state index in [1.165, 1.54) is 31.5 Å². The van der Waals surface area contributed by atoms with E-state index in [0.717, 1.165) is 31.1 Å². The van der Waals surface area contributed by atoms with E-state index < -0.39 is 0 Å². The van der Waals surface area contributed by atoms with Crippen LogP contribution < -0.4 is 9.47 Å². The van der Waals surface area contributed by atoms with Gasteiger partial charge in [0.1, 0.15) is 0 Å². The summed E-state index contributed by atoms with van der Waals surface area (Å²) < 4.78 is 16.7. The monoisotopic (exact) mass is 332 g/mol. The number of fused-ring (bicyclic) bond motifs is 1. The van der Waals surface area contributed by atoms with Gasteiger partial charge in [-0.2, -0.15) is 0 Å². The van der Waals surface area contributed by atoms with Crippen molar-refractivity contribution >= 4 is 0 Å². The van der Waals surface area contributed by atoms with Gasteiger partial charge in [-0.15, -0.1) is 0 Å². The summed E-state index contributed by atoms with van der Waals surface area (Å²) in [6.07, 6.45) is 3.23. The highest BCUT2D eigenvalue weighted by Crippen LogP contribution is 2.33. The van der Waals surface area contributed by atoms with E-state index in [1.807, 2.05) is 6.07 Å². The van der Waals surface area contributed by atoms with Crippen molar-refractivity contribution in [1.29, 1.82) is 0 Å². The number of morpholine rings is 1. The highest BCUT2D eigenvalue weighted by molar-refractivity contribution is 5.44. The molecule has 0 unspecified atom stereocenters. The smallest absolute Gasteiger partial charge is 0.231 e. The molecule has 0 radical (unpaired) electrons. The van der Waals surface area contributed by atoms with Crippen LogP contribution in [-0.4, -0.2) is 61.0 Å². The molecule has 0 bridgehead atoms. The lowest BCUT2D eigenvalue weighted by molar-refractivity contribution is -0.0865. The number of nitrogens with zero attached hydrogens (tertiary/aromatic N) is 2. The van der Waals surface area contributed by atoms with Crippen LogP contribution in [0.15, 0.2) is 18.2 Å². The van der Waals surface area contributed by atoms with E-state index in [9.17, 15) is 0 Å². The number of hydrogen-bond donors (Lipinski definition) is 0. The molecule has 0 spiro atoms. The molecule has 5 nitrogen and oxygen atoms in total. The Morgan fingerprint density at radius 2 is 1.71 bits per heavy atom. The van der Waals surface area contributed by atoms with Crippen molar-refractivity contribution in [2.24, 2.45) is 0 Å². The summed E-state index contributed by atoms with van der Waals surface area (Å²) in [5.74, 6) is 1.76. The Balaban J connectivity index is 1.30. The first-order valence-electron chi connectivity index (χ1n) is 9.18. The van der Waals surface area contributed by atoms with Crippen LogP contribution >= 0.6 is 0 Å². The van der Waals surface area contributed by atoms with Gasteiger partial charge in [0.05, 0.1) is 12.2 Å². The maximum Gasteiger partial charge on any atom is 0.231 e. The van der Waals surface area contributed by atoms with E-state index in [1.54, 1.807) is 0 Å². The van der Waals surface area contributed by atoms with Crippen LogP contribution in [0.1, 0.15) is 32.3 Å². The normalized spacial score (nSPS) is 29.1. The van der Waals surface area contributed by atoms with Crippen LogP contribution in [0.25, 0.3) is 0 Å². The first-order chi connectivity index (χ1) is 11.7. The Morgan fingerprint density at radius 1 is 1.00 bits per heavy atom. The van der Waals surface area contributed by atoms with E-state index in [2.05, 4.69) is 35.8 Å². The molecule has 2 saturated heterocycles. The average Bonchev–Trinajstić information content (AvgIpc) is 3.02. The maximum absolute atomic E-state index is 5.87. The fourth-order valence-corrected chi connectivity index (χ4v) is 4.26. The lowest BCUT2D eigenvalue weighted by atomic mass is 10.0. The fraction of sp³-hybridized carbons (Fsp3) is 0.684. The second-order valence-electron chi connectivity index (χ2n) is 7.41. The van der Waals surface area contributed by atoms with E-state index >= 15 is 0 Å². The molecule has 4 rings (SSSR count). The third kappa shape index (κ3) is 3.53. The number of benzene rings is 1. The van der Waals surface area contributed by atoms with Crippen molar-refractivity contribution in [3.8, 4) is 11.5 Å². The second kappa shape index (κ2) is 6.90. The molecule has 1 aromatic carbocycles. The molecule has 3 heterocycles. The fourth-order valence-electron chi connectivity index (χ4n) is 4.26. The minimum atomic E-state index is 0.348. The molecular weight excluding hydrogens is 304 g/mol. The number of piperidine rings is 1. The quantitative estimate of drug-likeness (QED) is 0.849. The first kappa shape index (κ1) is 16.2. The van der Waals surface area contributed by atoms with E-state index in [-0.39, 0.29) is 0 Å². The zero-order valence-electron chi connectivity index (χ0n) is 14.7. The topological polar surface area (TPSA) is 34.2 Å². The zero-order chi connectivity index (χ0) is 16.5. The van der Waals surface area contributed by atoms with Gasteiger partial charge >= 0.3 is 0 Å². The molecule has 2 fully saturated rings. The van der Waals surface area contributed by atoms with Gasteiger partial charge < -0.3 is 14.2 Å². The molecule has 5 heteroatoms. The molecule has 132 valence electrons. The molecule has 0 amide bonds. The minimum Gasteiger partial charge on any atom is -0.454 e. The van der Waals surface area contributed by atoms with Crippen LogP contribution in [0, 0.1) is 0 Å². The summed E-state index contributed by atoms with van der Waals surface area (Å²) in [6, 6.07) is 7.03. The molecular formula is C19H28N2O3. The van der Waals surface area contributed by atoms with Crippen molar-refractivity contribution in [2.45, 2.75) is 51.5 Å². The summed E-state index contributed by atoms with van der Waals surface area (Å²) >= 11 is 0. The number of hydrogen-bond acceptors (Lipinski definition) is 5. The van der Waals surface area contributed by atoms with Gasteiger partial charge in [0.2, 0.25) is 6.79 Å². The van der Waals surface area contributed by atoms with Crippen molar-refractivity contribution in [3.63, 3.8) is 0 Å². The molecule has 1 aromatic rings. The number of likely N-dealkylation sites (tertiary alicyclic amines) is 1. The van der Waals surface area contributed by atoms with E-state index in [4.69, 9.17) is 14.2 Å². The van der Waals surface area contributed by atoms with Crippen LogP contribution in [-0.2, 0) is 11.3 Å². The highest BCUT2D eigenvalue weighted by atomic mass is 16.7. The van der Waals surface area contributed by atoms with Crippen LogP contribution in [0.3, 0.4) is 0 Å². The minimum absolute atomic E-state index is 0.348. The molecule has 0 aliphatic carbocycles. The largest absolute Gasteiger partial charge is 0.454 e. The predicted molar refractivity (Wildman–Crippen MR) is 92.4 cm³/mol. The first-order valence-corrected chi connectivity index (χ1v) is 9.18. The average molecular weight is 332 g/mol. The molecule has 2 atom stereocenters. The van der Waals surface area contributed by atoms with Crippen molar-refractivity contribution in [1.82, 2.24) is 9.80 Å². The van der Waals surface area contributed by atoms with Crippen LogP contribution in [0.4, 0.5) is 0 Å². The van der Waals surface area contributed by atoms with Gasteiger partial charge in [-0.3, -0.25) is 9.80 Å². The summed E-state index contributed by atoms with van der Waals surface area (Å²) in [7, 11) is 0. The third-order valence-corrected chi connectivity index (χ3v) is 5.36. The lowest BCUT2D eigenvalue weighted by Crippen LogP contribution is -2.53. The van der Waals surface area contributed by atoms with Crippen molar-refractivity contribution in [3.05, 3.63) is 23.8 Å².